The molecule has 0 amide bonds. The first-order chi connectivity index (χ1) is 5.16. The van der Waals surface area contributed by atoms with Crippen molar-refractivity contribution in [3.63, 3.8) is 0 Å². The Morgan fingerprint density at radius 3 is 2.82 bits per heavy atom. The van der Waals surface area contributed by atoms with Gasteiger partial charge in [-0.15, -0.1) is 0 Å². The Balaban J connectivity index is 2.66. The van der Waals surface area contributed by atoms with Crippen molar-refractivity contribution in [3.05, 3.63) is 11.8 Å². The van der Waals surface area contributed by atoms with E-state index in [2.05, 4.69) is 0 Å². The molecule has 0 spiro atoms. The molecule has 1 rings (SSSR count). The van der Waals surface area contributed by atoms with Gasteiger partial charge in [-0.1, -0.05) is 6.08 Å². The Bertz CT molecular complexity index is 200. The second-order valence-corrected chi connectivity index (χ2v) is 2.58. The summed E-state index contributed by atoms with van der Waals surface area (Å²) in [6, 6.07) is -0.0545. The van der Waals surface area contributed by atoms with Crippen LogP contribution in [-0.2, 0) is 4.79 Å². The van der Waals surface area contributed by atoms with Crippen molar-refractivity contribution in [1.82, 2.24) is 4.90 Å². The molecule has 1 aliphatic heterocycles. The molecule has 1 heterocycles. The summed E-state index contributed by atoms with van der Waals surface area (Å²) in [5.41, 5.74) is 0.282. The van der Waals surface area contributed by atoms with Crippen molar-refractivity contribution in [3.8, 4) is 0 Å². The van der Waals surface area contributed by atoms with Crippen LogP contribution in [-0.4, -0.2) is 40.8 Å². The number of hydrogen-bond donors (Lipinski definition) is 2. The summed E-state index contributed by atoms with van der Waals surface area (Å²) in [6.45, 7) is 0.00375. The number of likely N-dealkylation sites (N-methyl/N-ethyl adjacent to an activating group) is 1. The monoisotopic (exact) mass is 157 g/mol. The highest BCUT2D eigenvalue weighted by Gasteiger charge is 2.25. The lowest BCUT2D eigenvalue weighted by molar-refractivity contribution is -0.134. The highest BCUT2D eigenvalue weighted by molar-refractivity contribution is 5.86. The molecular formula is C7H11NO3. The van der Waals surface area contributed by atoms with Gasteiger partial charge in [-0.05, 0) is 6.42 Å². The summed E-state index contributed by atoms with van der Waals surface area (Å²) in [4.78, 5) is 12.1. The Morgan fingerprint density at radius 2 is 2.55 bits per heavy atom. The molecule has 0 bridgehead atoms. The third kappa shape index (κ3) is 1.35. The van der Waals surface area contributed by atoms with Crippen LogP contribution in [0.15, 0.2) is 11.8 Å². The van der Waals surface area contributed by atoms with Crippen LogP contribution in [0.25, 0.3) is 0 Å². The van der Waals surface area contributed by atoms with Crippen LogP contribution in [0.1, 0.15) is 6.42 Å². The maximum absolute atomic E-state index is 10.5. The number of carbonyl (C=O) groups is 1. The lowest BCUT2D eigenvalue weighted by Gasteiger charge is -2.20. The van der Waals surface area contributed by atoms with E-state index in [0.29, 0.717) is 6.42 Å². The molecule has 62 valence electrons. The van der Waals surface area contributed by atoms with Gasteiger partial charge in [0.1, 0.15) is 5.70 Å². The minimum Gasteiger partial charge on any atom is -0.477 e. The van der Waals surface area contributed by atoms with E-state index in [0.717, 1.165) is 0 Å². The largest absolute Gasteiger partial charge is 0.477 e. The van der Waals surface area contributed by atoms with Crippen LogP contribution in [0.5, 0.6) is 0 Å². The zero-order chi connectivity index (χ0) is 8.43. The maximum Gasteiger partial charge on any atom is 0.351 e. The van der Waals surface area contributed by atoms with E-state index in [9.17, 15) is 4.79 Å². The van der Waals surface area contributed by atoms with Gasteiger partial charge in [0.05, 0.1) is 12.6 Å². The Morgan fingerprint density at radius 1 is 1.91 bits per heavy atom. The van der Waals surface area contributed by atoms with E-state index in [1.54, 1.807) is 18.0 Å². The van der Waals surface area contributed by atoms with Gasteiger partial charge >= 0.3 is 5.97 Å². The quantitative estimate of drug-likeness (QED) is 0.575. The van der Waals surface area contributed by atoms with Crippen LogP contribution in [0.4, 0.5) is 0 Å². The normalized spacial score (nSPS) is 23.6. The fourth-order valence-corrected chi connectivity index (χ4v) is 1.18. The molecule has 0 saturated carbocycles. The predicted octanol–water partition coefficient (Wildman–Crippen LogP) is -0.349. The lowest BCUT2D eigenvalue weighted by Crippen LogP contribution is -2.31. The number of aliphatic hydroxyl groups excluding tert-OH is 1. The summed E-state index contributed by atoms with van der Waals surface area (Å²) in [5, 5.41) is 17.4. The Hall–Kier alpha value is -1.03. The van der Waals surface area contributed by atoms with E-state index >= 15 is 0 Å². The predicted molar refractivity (Wildman–Crippen MR) is 39.0 cm³/mol. The van der Waals surface area contributed by atoms with E-state index < -0.39 is 5.97 Å². The first-order valence-corrected chi connectivity index (χ1v) is 3.44. The summed E-state index contributed by atoms with van der Waals surface area (Å²) in [6.07, 6.45) is 2.25. The summed E-state index contributed by atoms with van der Waals surface area (Å²) in [5.74, 6) is -0.927. The number of hydrogen-bond acceptors (Lipinski definition) is 3. The van der Waals surface area contributed by atoms with Gasteiger partial charge < -0.3 is 15.1 Å². The Kier molecular flexibility index (Phi) is 2.14. The molecule has 0 aromatic carbocycles. The van der Waals surface area contributed by atoms with Crippen LogP contribution >= 0.6 is 0 Å². The average molecular weight is 157 g/mol. The molecule has 0 fully saturated rings. The van der Waals surface area contributed by atoms with Gasteiger partial charge in [0.15, 0.2) is 0 Å². The smallest absolute Gasteiger partial charge is 0.351 e. The third-order valence-corrected chi connectivity index (χ3v) is 1.94. The molecule has 1 atom stereocenters. The fourth-order valence-electron chi connectivity index (χ4n) is 1.18. The Labute approximate surface area is 64.7 Å². The molecule has 11 heavy (non-hydrogen) atoms. The topological polar surface area (TPSA) is 60.8 Å². The van der Waals surface area contributed by atoms with Gasteiger partial charge in [-0.2, -0.15) is 0 Å². The number of carboxylic acids is 1. The van der Waals surface area contributed by atoms with Crippen molar-refractivity contribution in [2.75, 3.05) is 13.7 Å². The third-order valence-electron chi connectivity index (χ3n) is 1.94. The molecule has 0 aromatic heterocycles. The van der Waals surface area contributed by atoms with Crippen molar-refractivity contribution >= 4 is 5.97 Å². The summed E-state index contributed by atoms with van der Waals surface area (Å²) >= 11 is 0. The van der Waals surface area contributed by atoms with Crippen LogP contribution in [0, 0.1) is 0 Å². The van der Waals surface area contributed by atoms with E-state index in [-0.39, 0.29) is 18.3 Å². The van der Waals surface area contributed by atoms with Crippen LogP contribution < -0.4 is 0 Å². The second kappa shape index (κ2) is 2.92. The van der Waals surface area contributed by atoms with Gasteiger partial charge in [-0.3, -0.25) is 0 Å². The van der Waals surface area contributed by atoms with Gasteiger partial charge in [0, 0.05) is 7.05 Å². The highest BCUT2D eigenvalue weighted by atomic mass is 16.4. The van der Waals surface area contributed by atoms with Crippen molar-refractivity contribution < 1.29 is 15.0 Å². The number of nitrogens with zero attached hydrogens (tertiary/aromatic N) is 1. The average Bonchev–Trinajstić information content (AvgIpc) is 2.30. The number of aliphatic hydroxyl groups is 1. The van der Waals surface area contributed by atoms with Crippen molar-refractivity contribution in [1.29, 1.82) is 0 Å². The number of rotatable bonds is 2. The summed E-state index contributed by atoms with van der Waals surface area (Å²) < 4.78 is 0. The van der Waals surface area contributed by atoms with Crippen LogP contribution in [0.2, 0.25) is 0 Å². The second-order valence-electron chi connectivity index (χ2n) is 2.58. The van der Waals surface area contributed by atoms with Crippen molar-refractivity contribution in [2.24, 2.45) is 0 Å². The molecule has 1 unspecified atom stereocenters. The molecule has 0 aliphatic carbocycles. The first-order valence-electron chi connectivity index (χ1n) is 3.44. The number of aliphatic carboxylic acids is 1. The SMILES string of the molecule is CN1C(C(=O)O)=CCC1CO. The molecule has 0 saturated heterocycles. The molecule has 0 radical (unpaired) electrons. The van der Waals surface area contributed by atoms with E-state index in [1.807, 2.05) is 0 Å². The molecule has 2 N–H and O–H groups in total. The fraction of sp³-hybridized carbons (Fsp3) is 0.571. The first kappa shape index (κ1) is 8.07. The van der Waals surface area contributed by atoms with Crippen LogP contribution in [0.3, 0.4) is 0 Å². The van der Waals surface area contributed by atoms with Gasteiger partial charge in [0.25, 0.3) is 0 Å². The molecule has 4 nitrogen and oxygen atoms in total. The molecular weight excluding hydrogens is 146 g/mol. The summed E-state index contributed by atoms with van der Waals surface area (Å²) in [7, 11) is 1.67. The molecule has 1 aliphatic rings. The standard InChI is InChI=1S/C7H11NO3/c1-8-5(4-9)2-3-6(8)7(10)11/h3,5,9H,2,4H2,1H3,(H,10,11). The minimum absolute atomic E-state index is 0.00375. The minimum atomic E-state index is -0.927. The van der Waals surface area contributed by atoms with Gasteiger partial charge in [0.2, 0.25) is 0 Å². The maximum atomic E-state index is 10.5. The van der Waals surface area contributed by atoms with Crippen molar-refractivity contribution in [2.45, 2.75) is 12.5 Å². The van der Waals surface area contributed by atoms with E-state index in [1.165, 1.54) is 0 Å². The molecule has 4 heteroatoms. The zero-order valence-corrected chi connectivity index (χ0v) is 6.32. The van der Waals surface area contributed by atoms with E-state index in [4.69, 9.17) is 10.2 Å². The highest BCUT2D eigenvalue weighted by Crippen LogP contribution is 2.18. The lowest BCUT2D eigenvalue weighted by atomic mass is 10.2. The number of carboxylic acid groups (broad SMARTS) is 1. The zero-order valence-electron chi connectivity index (χ0n) is 6.32. The molecule has 0 aromatic rings. The van der Waals surface area contributed by atoms with Gasteiger partial charge in [-0.25, -0.2) is 4.79 Å².